The molecule has 2 rings (SSSR count). The highest BCUT2D eigenvalue weighted by molar-refractivity contribution is 7.89. The maximum absolute atomic E-state index is 12.1. The number of hydrogen-bond donors (Lipinski definition) is 2. The van der Waals surface area contributed by atoms with Crippen LogP contribution < -0.4 is 15.4 Å². The van der Waals surface area contributed by atoms with Gasteiger partial charge in [-0.3, -0.25) is 14.9 Å². The van der Waals surface area contributed by atoms with Crippen LogP contribution in [0.5, 0.6) is 0 Å². The number of sulfonamides is 1. The van der Waals surface area contributed by atoms with Crippen LogP contribution in [0.1, 0.15) is 26.3 Å². The lowest BCUT2D eigenvalue weighted by Gasteiger charge is -2.23. The zero-order valence-corrected chi connectivity index (χ0v) is 19.0. The predicted molar refractivity (Wildman–Crippen MR) is 118 cm³/mol. The highest BCUT2D eigenvalue weighted by Gasteiger charge is 2.27. The molecule has 13 heteroatoms. The minimum Gasteiger partial charge on any atom is -0.459 e. The van der Waals surface area contributed by atoms with Gasteiger partial charge < -0.3 is 15.0 Å². The van der Waals surface area contributed by atoms with Crippen LogP contribution >= 0.6 is 0 Å². The lowest BCUT2D eigenvalue weighted by molar-refractivity contribution is -0.383. The number of carbonyl (C=O) groups excluding carboxylic acids is 1. The topological polar surface area (TPSA) is 171 Å². The molecule has 174 valence electrons. The average molecular weight is 467 g/mol. The molecule has 12 nitrogen and oxygen atoms in total. The van der Waals surface area contributed by atoms with Crippen LogP contribution in [-0.2, 0) is 26.0 Å². The van der Waals surface area contributed by atoms with Crippen molar-refractivity contribution in [2.45, 2.75) is 37.7 Å². The fourth-order valence-corrected chi connectivity index (χ4v) is 3.28. The summed E-state index contributed by atoms with van der Waals surface area (Å²) in [6.45, 7) is 5.22. The van der Waals surface area contributed by atoms with Gasteiger partial charge in [0.2, 0.25) is 21.7 Å². The summed E-state index contributed by atoms with van der Waals surface area (Å²) in [5.74, 6) is -0.585. The molecule has 0 aliphatic heterocycles. The van der Waals surface area contributed by atoms with Crippen molar-refractivity contribution in [1.29, 1.82) is 0 Å². The fourth-order valence-electron chi connectivity index (χ4n) is 2.76. The second-order valence-electron chi connectivity index (χ2n) is 7.96. The first-order valence-corrected chi connectivity index (χ1v) is 11.1. The van der Waals surface area contributed by atoms with Gasteiger partial charge in [-0.1, -0.05) is 12.1 Å². The minimum absolute atomic E-state index is 0.00156. The number of nitro groups is 1. The van der Waals surface area contributed by atoms with Gasteiger partial charge in [-0.2, -0.15) is 0 Å². The van der Waals surface area contributed by atoms with Crippen molar-refractivity contribution in [1.82, 2.24) is 9.97 Å². The van der Waals surface area contributed by atoms with E-state index in [1.165, 1.54) is 24.1 Å². The smallest absolute Gasteiger partial charge is 0.353 e. The third-order valence-corrected chi connectivity index (χ3v) is 5.02. The number of aromatic nitrogens is 2. The summed E-state index contributed by atoms with van der Waals surface area (Å²) in [7, 11) is -2.28. The molecule has 1 aromatic heterocycles. The Morgan fingerprint density at radius 1 is 1.25 bits per heavy atom. The van der Waals surface area contributed by atoms with E-state index in [0.29, 0.717) is 6.42 Å². The number of anilines is 2. The van der Waals surface area contributed by atoms with Crippen molar-refractivity contribution in [3.8, 4) is 0 Å². The Labute approximate surface area is 186 Å². The number of rotatable bonds is 9. The van der Waals surface area contributed by atoms with Gasteiger partial charge in [0.15, 0.2) is 0 Å². The van der Waals surface area contributed by atoms with Crippen LogP contribution in [0.15, 0.2) is 35.5 Å². The fraction of sp³-hybridized carbons (Fsp3) is 0.421. The van der Waals surface area contributed by atoms with Crippen molar-refractivity contribution < 1.29 is 22.9 Å². The number of carbonyl (C=O) groups is 1. The Balaban J connectivity index is 2.12. The van der Waals surface area contributed by atoms with E-state index >= 15 is 0 Å². The second kappa shape index (κ2) is 9.87. The lowest BCUT2D eigenvalue weighted by Crippen LogP contribution is -2.33. The van der Waals surface area contributed by atoms with Crippen LogP contribution in [0.3, 0.4) is 0 Å². The monoisotopic (exact) mass is 466 g/mol. The van der Waals surface area contributed by atoms with Crippen LogP contribution in [0.25, 0.3) is 0 Å². The molecule has 1 aromatic carbocycles. The van der Waals surface area contributed by atoms with Gasteiger partial charge in [-0.15, -0.1) is 0 Å². The van der Waals surface area contributed by atoms with E-state index in [4.69, 9.17) is 9.88 Å². The van der Waals surface area contributed by atoms with E-state index in [-0.39, 0.29) is 35.3 Å². The first kappa shape index (κ1) is 24.9. The maximum Gasteiger partial charge on any atom is 0.353 e. The number of benzene rings is 1. The molecule has 1 heterocycles. The molecule has 0 unspecified atom stereocenters. The van der Waals surface area contributed by atoms with Gasteiger partial charge in [-0.25, -0.2) is 23.5 Å². The number of primary sulfonamides is 1. The summed E-state index contributed by atoms with van der Waals surface area (Å²) in [5, 5.41) is 19.7. The lowest BCUT2D eigenvalue weighted by atomic mass is 10.1. The highest BCUT2D eigenvalue weighted by Crippen LogP contribution is 2.31. The molecule has 0 saturated heterocycles. The molecule has 0 amide bonds. The Morgan fingerprint density at radius 2 is 1.88 bits per heavy atom. The zero-order valence-electron chi connectivity index (χ0n) is 18.2. The summed E-state index contributed by atoms with van der Waals surface area (Å²) in [6, 6.07) is 5.99. The predicted octanol–water partition coefficient (Wildman–Crippen LogP) is 1.46. The minimum atomic E-state index is -3.78. The van der Waals surface area contributed by atoms with Crippen LogP contribution in [0.2, 0.25) is 0 Å². The number of hydrogen-bond acceptors (Lipinski definition) is 10. The molecule has 0 fully saturated rings. The molecule has 0 radical (unpaired) electrons. The molecular weight excluding hydrogens is 440 g/mol. The summed E-state index contributed by atoms with van der Waals surface area (Å²) in [4.78, 5) is 32.4. The van der Waals surface area contributed by atoms with Crippen molar-refractivity contribution in [2.24, 2.45) is 5.14 Å². The van der Waals surface area contributed by atoms with Crippen molar-refractivity contribution in [2.75, 3.05) is 30.4 Å². The van der Waals surface area contributed by atoms with Crippen LogP contribution in [-0.4, -0.2) is 55.0 Å². The number of likely N-dealkylation sites (N-methyl/N-ethyl adjacent to an activating group) is 1. The molecule has 0 spiro atoms. The van der Waals surface area contributed by atoms with Crippen LogP contribution in [0, 0.1) is 10.1 Å². The number of nitrogens with two attached hydrogens (primary N) is 1. The largest absolute Gasteiger partial charge is 0.459 e. The Kier molecular flexibility index (Phi) is 7.69. The van der Waals surface area contributed by atoms with E-state index in [2.05, 4.69) is 15.3 Å². The van der Waals surface area contributed by atoms with E-state index in [0.717, 1.165) is 11.9 Å². The molecule has 2 aromatic rings. The number of nitrogens with zero attached hydrogens (tertiary/aromatic N) is 4. The van der Waals surface area contributed by atoms with Gasteiger partial charge in [0, 0.05) is 13.6 Å². The number of esters is 1. The number of nitrogens with one attached hydrogen (secondary N) is 1. The third kappa shape index (κ3) is 7.13. The quantitative estimate of drug-likeness (QED) is 0.313. The summed E-state index contributed by atoms with van der Waals surface area (Å²) in [5.41, 5.74) is -0.263. The molecule has 0 aliphatic carbocycles. The van der Waals surface area contributed by atoms with E-state index < -0.39 is 26.5 Å². The Morgan fingerprint density at radius 3 is 2.41 bits per heavy atom. The van der Waals surface area contributed by atoms with Crippen molar-refractivity contribution in [3.05, 3.63) is 46.3 Å². The second-order valence-corrected chi connectivity index (χ2v) is 9.52. The maximum atomic E-state index is 12.1. The van der Waals surface area contributed by atoms with Gasteiger partial charge in [-0.05, 0) is 44.9 Å². The van der Waals surface area contributed by atoms with Crippen molar-refractivity contribution in [3.63, 3.8) is 0 Å². The molecule has 0 aliphatic rings. The molecule has 32 heavy (non-hydrogen) atoms. The zero-order chi connectivity index (χ0) is 24.1. The number of ether oxygens (including phenoxy) is 1. The van der Waals surface area contributed by atoms with Crippen LogP contribution in [0.4, 0.5) is 17.3 Å². The van der Waals surface area contributed by atoms with Gasteiger partial charge in [0.05, 0.1) is 9.82 Å². The summed E-state index contributed by atoms with van der Waals surface area (Å²) >= 11 is 0. The summed E-state index contributed by atoms with van der Waals surface area (Å²) in [6.07, 6.45) is 1.60. The summed E-state index contributed by atoms with van der Waals surface area (Å²) < 4.78 is 27.9. The average Bonchev–Trinajstić information content (AvgIpc) is 2.65. The SMILES string of the molecule is CN(CC(=O)OC(C)(C)C)c1ncnc(NCCc2ccc(S(N)(=O)=O)cc2)c1[N+](=O)[O-]. The van der Waals surface area contributed by atoms with Crippen molar-refractivity contribution >= 4 is 33.3 Å². The van der Waals surface area contributed by atoms with Gasteiger partial charge in [0.1, 0.15) is 18.5 Å². The first-order valence-electron chi connectivity index (χ1n) is 9.56. The Bertz CT molecular complexity index is 1080. The normalized spacial score (nSPS) is 11.7. The first-order chi connectivity index (χ1) is 14.8. The molecule has 0 atom stereocenters. The van der Waals surface area contributed by atoms with E-state index in [9.17, 15) is 23.3 Å². The Hall–Kier alpha value is -3.32. The molecule has 0 bridgehead atoms. The van der Waals surface area contributed by atoms with Gasteiger partial charge >= 0.3 is 11.7 Å². The van der Waals surface area contributed by atoms with Gasteiger partial charge in [0.25, 0.3) is 0 Å². The molecular formula is C19H26N6O6S. The third-order valence-electron chi connectivity index (χ3n) is 4.09. The molecule has 3 N–H and O–H groups in total. The van der Waals surface area contributed by atoms with E-state index in [1.54, 1.807) is 32.9 Å². The van der Waals surface area contributed by atoms with E-state index in [1.807, 2.05) is 0 Å². The molecule has 0 saturated carbocycles. The highest BCUT2D eigenvalue weighted by atomic mass is 32.2. The standard InChI is InChI=1S/C19H26N6O6S/c1-19(2,3)31-15(26)11-24(4)18-16(25(27)28)17(22-12-23-18)21-10-9-13-5-7-14(8-6-13)32(20,29)30/h5-8,12H,9-11H2,1-4H3,(H2,20,29,30)(H,21,22,23).